The van der Waals surface area contributed by atoms with Crippen LogP contribution in [0.25, 0.3) is 0 Å². The van der Waals surface area contributed by atoms with Gasteiger partial charge >= 0.3 is 0 Å². The smallest absolute Gasteiger partial charge is 0.230 e. The van der Waals surface area contributed by atoms with E-state index in [-0.39, 0.29) is 5.91 Å². The van der Waals surface area contributed by atoms with Gasteiger partial charge in [-0.1, -0.05) is 25.0 Å². The number of ether oxygens (including phenoxy) is 1. The molecule has 24 heavy (non-hydrogen) atoms. The van der Waals surface area contributed by atoms with Gasteiger partial charge in [0.1, 0.15) is 5.75 Å². The topological polar surface area (TPSA) is 38.3 Å². The van der Waals surface area contributed by atoms with Crippen molar-refractivity contribution in [2.75, 3.05) is 13.7 Å². The van der Waals surface area contributed by atoms with Crippen LogP contribution in [-0.2, 0) is 16.6 Å². The maximum atomic E-state index is 13.0. The number of benzene rings is 1. The number of methoxy groups -OCH3 is 1. The normalized spacial score (nSPS) is 16.1. The molecule has 0 radical (unpaired) electrons. The van der Waals surface area contributed by atoms with E-state index in [4.69, 9.17) is 4.74 Å². The molecule has 1 fully saturated rings. The lowest BCUT2D eigenvalue weighted by Gasteiger charge is -2.28. The highest BCUT2D eigenvalue weighted by atomic mass is 127. The van der Waals surface area contributed by atoms with E-state index in [0.717, 1.165) is 43.4 Å². The van der Waals surface area contributed by atoms with Crippen LogP contribution in [0.4, 0.5) is 0 Å². The fourth-order valence-electron chi connectivity index (χ4n) is 3.50. The van der Waals surface area contributed by atoms with Gasteiger partial charge in [-0.2, -0.15) is 0 Å². The third kappa shape index (κ3) is 3.77. The number of amides is 1. The highest BCUT2D eigenvalue weighted by Crippen LogP contribution is 2.42. The molecular formula is C19H22INO2S. The lowest BCUT2D eigenvalue weighted by Crippen LogP contribution is -2.43. The summed E-state index contributed by atoms with van der Waals surface area (Å²) >= 11 is 4.12. The lowest BCUT2D eigenvalue weighted by molar-refractivity contribution is -0.126. The van der Waals surface area contributed by atoms with Crippen LogP contribution in [0.15, 0.2) is 36.4 Å². The molecule has 0 unspecified atom stereocenters. The molecule has 1 heterocycles. The second-order valence-corrected chi connectivity index (χ2v) is 9.30. The highest BCUT2D eigenvalue weighted by molar-refractivity contribution is 14.1. The monoisotopic (exact) mass is 455 g/mol. The van der Waals surface area contributed by atoms with Crippen LogP contribution >= 0.6 is 33.9 Å². The van der Waals surface area contributed by atoms with Crippen molar-refractivity contribution in [2.45, 2.75) is 37.5 Å². The van der Waals surface area contributed by atoms with Gasteiger partial charge in [-0.25, -0.2) is 0 Å². The minimum absolute atomic E-state index is 0.166. The van der Waals surface area contributed by atoms with E-state index in [1.807, 2.05) is 18.2 Å². The summed E-state index contributed by atoms with van der Waals surface area (Å²) in [5.74, 6) is 0.985. The van der Waals surface area contributed by atoms with E-state index >= 15 is 0 Å². The van der Waals surface area contributed by atoms with Crippen LogP contribution in [0.3, 0.4) is 0 Å². The summed E-state index contributed by atoms with van der Waals surface area (Å²) in [7, 11) is 1.67. The Labute approximate surface area is 160 Å². The van der Waals surface area contributed by atoms with Crippen LogP contribution in [0.5, 0.6) is 5.75 Å². The molecule has 0 bridgehead atoms. The fourth-order valence-corrected chi connectivity index (χ4v) is 5.26. The van der Waals surface area contributed by atoms with Crippen molar-refractivity contribution < 1.29 is 9.53 Å². The summed E-state index contributed by atoms with van der Waals surface area (Å²) in [5, 5.41) is 3.18. The SMILES string of the molecule is COc1cccc(C2(C(=O)NCCc3ccc(I)s3)CCCC2)c1. The van der Waals surface area contributed by atoms with Gasteiger partial charge < -0.3 is 10.1 Å². The molecule has 0 aliphatic heterocycles. The Hall–Kier alpha value is -1.08. The Bertz CT molecular complexity index is 707. The van der Waals surface area contributed by atoms with Crippen LogP contribution in [0.1, 0.15) is 36.1 Å². The zero-order valence-corrected chi connectivity index (χ0v) is 16.8. The number of carbonyl (C=O) groups is 1. The minimum Gasteiger partial charge on any atom is -0.497 e. The Balaban J connectivity index is 1.71. The highest BCUT2D eigenvalue weighted by Gasteiger charge is 2.42. The third-order valence-electron chi connectivity index (χ3n) is 4.80. The molecule has 3 rings (SSSR count). The average molecular weight is 455 g/mol. The molecule has 1 saturated carbocycles. The quantitative estimate of drug-likeness (QED) is 0.650. The van der Waals surface area contributed by atoms with Gasteiger partial charge in [0.2, 0.25) is 5.91 Å². The minimum atomic E-state index is -0.390. The summed E-state index contributed by atoms with van der Waals surface area (Å²) in [6.07, 6.45) is 4.95. The summed E-state index contributed by atoms with van der Waals surface area (Å²) in [6.45, 7) is 0.696. The summed E-state index contributed by atoms with van der Waals surface area (Å²) < 4.78 is 6.64. The van der Waals surface area contributed by atoms with Crippen molar-refractivity contribution in [3.8, 4) is 5.75 Å². The Morgan fingerprint density at radius 3 is 2.75 bits per heavy atom. The molecule has 1 aliphatic carbocycles. The molecule has 3 nitrogen and oxygen atoms in total. The van der Waals surface area contributed by atoms with E-state index < -0.39 is 5.41 Å². The molecule has 0 atom stereocenters. The van der Waals surface area contributed by atoms with Gasteiger partial charge in [0, 0.05) is 11.4 Å². The first-order chi connectivity index (χ1) is 11.6. The second kappa shape index (κ2) is 7.87. The van der Waals surface area contributed by atoms with Gasteiger partial charge in [-0.05, 0) is 71.7 Å². The molecule has 2 aromatic rings. The largest absolute Gasteiger partial charge is 0.497 e. The predicted molar refractivity (Wildman–Crippen MR) is 107 cm³/mol. The maximum absolute atomic E-state index is 13.0. The molecule has 0 saturated heterocycles. The second-order valence-electron chi connectivity index (χ2n) is 6.23. The van der Waals surface area contributed by atoms with E-state index in [9.17, 15) is 4.79 Å². The Morgan fingerprint density at radius 1 is 1.29 bits per heavy atom. The van der Waals surface area contributed by atoms with Gasteiger partial charge in [0.05, 0.1) is 15.4 Å². The number of carbonyl (C=O) groups excluding carboxylic acids is 1. The maximum Gasteiger partial charge on any atom is 0.230 e. The molecular weight excluding hydrogens is 433 g/mol. The molecule has 128 valence electrons. The van der Waals surface area contributed by atoms with Crippen molar-refractivity contribution in [1.82, 2.24) is 5.32 Å². The van der Waals surface area contributed by atoms with Crippen molar-refractivity contribution in [1.29, 1.82) is 0 Å². The predicted octanol–water partition coefficient (Wildman–Crippen LogP) is 4.53. The first-order valence-corrected chi connectivity index (χ1v) is 10.2. The zero-order chi connectivity index (χ0) is 17.0. The molecule has 1 aromatic heterocycles. The number of hydrogen-bond acceptors (Lipinski definition) is 3. The molecule has 0 spiro atoms. The summed E-state index contributed by atoms with van der Waals surface area (Å²) in [5.41, 5.74) is 0.695. The van der Waals surface area contributed by atoms with Crippen LogP contribution in [-0.4, -0.2) is 19.6 Å². The third-order valence-corrected chi connectivity index (χ3v) is 6.75. The van der Waals surface area contributed by atoms with Crippen LogP contribution in [0.2, 0.25) is 0 Å². The number of halogens is 1. The van der Waals surface area contributed by atoms with Gasteiger partial charge in [0.25, 0.3) is 0 Å². The summed E-state index contributed by atoms with van der Waals surface area (Å²) in [4.78, 5) is 14.3. The lowest BCUT2D eigenvalue weighted by atomic mass is 9.78. The van der Waals surface area contributed by atoms with Crippen molar-refractivity contribution in [3.63, 3.8) is 0 Å². The van der Waals surface area contributed by atoms with Gasteiger partial charge in [0.15, 0.2) is 0 Å². The number of nitrogens with one attached hydrogen (secondary N) is 1. The van der Waals surface area contributed by atoms with Crippen LogP contribution in [0, 0.1) is 2.88 Å². The molecule has 5 heteroatoms. The number of thiophene rings is 1. The van der Waals surface area contributed by atoms with Crippen molar-refractivity contribution >= 4 is 39.8 Å². The Morgan fingerprint density at radius 2 is 2.08 bits per heavy atom. The molecule has 1 aliphatic rings. The number of rotatable bonds is 6. The average Bonchev–Trinajstić information content (AvgIpc) is 3.25. The molecule has 1 N–H and O–H groups in total. The molecule has 1 aromatic carbocycles. The first kappa shape index (κ1) is 17.7. The van der Waals surface area contributed by atoms with E-state index in [2.05, 4.69) is 46.1 Å². The fraction of sp³-hybridized carbons (Fsp3) is 0.421. The van der Waals surface area contributed by atoms with E-state index in [1.54, 1.807) is 18.4 Å². The zero-order valence-electron chi connectivity index (χ0n) is 13.8. The van der Waals surface area contributed by atoms with Crippen molar-refractivity contribution in [3.05, 3.63) is 49.7 Å². The summed E-state index contributed by atoms with van der Waals surface area (Å²) in [6, 6.07) is 12.3. The van der Waals surface area contributed by atoms with Crippen LogP contribution < -0.4 is 10.1 Å². The van der Waals surface area contributed by atoms with Gasteiger partial charge in [-0.15, -0.1) is 11.3 Å². The van der Waals surface area contributed by atoms with E-state index in [0.29, 0.717) is 6.54 Å². The Kier molecular flexibility index (Phi) is 5.81. The standard InChI is InChI=1S/C19H22INO2S/c1-23-15-6-4-5-14(13-15)19(10-2-3-11-19)18(22)21-12-9-16-7-8-17(20)24-16/h4-8,13H,2-3,9-12H2,1H3,(H,21,22). The van der Waals surface area contributed by atoms with Crippen molar-refractivity contribution in [2.24, 2.45) is 0 Å². The first-order valence-electron chi connectivity index (χ1n) is 8.31. The number of hydrogen-bond donors (Lipinski definition) is 1. The van der Waals surface area contributed by atoms with Gasteiger partial charge in [-0.3, -0.25) is 4.79 Å². The van der Waals surface area contributed by atoms with E-state index in [1.165, 1.54) is 7.76 Å². The molecule has 1 amide bonds.